The average Bonchev–Trinajstić information content (AvgIpc) is 3.13. The van der Waals surface area contributed by atoms with E-state index in [4.69, 9.17) is 0 Å². The molecule has 1 heterocycles. The highest BCUT2D eigenvalue weighted by Gasteiger charge is 2.34. The molecule has 0 unspecified atom stereocenters. The summed E-state index contributed by atoms with van der Waals surface area (Å²) in [5, 5.41) is 3.29. The Morgan fingerprint density at radius 2 is 2.10 bits per heavy atom. The fourth-order valence-electron chi connectivity index (χ4n) is 2.09. The van der Waals surface area contributed by atoms with E-state index >= 15 is 0 Å². The van der Waals surface area contributed by atoms with Crippen molar-refractivity contribution in [3.05, 3.63) is 40.1 Å². The lowest BCUT2D eigenvalue weighted by Crippen LogP contribution is -2.15. The maximum atomic E-state index is 13.1. The summed E-state index contributed by atoms with van der Waals surface area (Å²) in [4.78, 5) is 7.03. The van der Waals surface area contributed by atoms with Crippen LogP contribution in [0.2, 0.25) is 0 Å². The fraction of sp³-hybridized carbons (Fsp3) is 0.357. The van der Waals surface area contributed by atoms with Crippen LogP contribution in [0.3, 0.4) is 0 Å². The van der Waals surface area contributed by atoms with Crippen LogP contribution in [0.25, 0.3) is 11.4 Å². The Kier molecular flexibility index (Phi) is 3.79. The first-order valence-corrected chi connectivity index (χ1v) is 7.37. The standard InChI is InChI=1S/C14H13BrF3N3/c15-8-1-4-11(12(5-8)14(16,17)18)13-20-7-10(21-13)6-19-9-2-3-9/h1,4-5,7,9,19H,2-3,6H2,(H,20,21). The Labute approximate surface area is 128 Å². The number of halogens is 4. The van der Waals surface area contributed by atoms with Crippen LogP contribution in [0.15, 0.2) is 28.9 Å². The molecule has 0 bridgehead atoms. The molecular weight excluding hydrogens is 347 g/mol. The Balaban J connectivity index is 1.88. The number of H-pyrrole nitrogens is 1. The lowest BCUT2D eigenvalue weighted by molar-refractivity contribution is -0.137. The maximum absolute atomic E-state index is 13.1. The topological polar surface area (TPSA) is 40.7 Å². The van der Waals surface area contributed by atoms with Crippen molar-refractivity contribution in [3.63, 3.8) is 0 Å². The number of nitrogens with zero attached hydrogens (tertiary/aromatic N) is 1. The van der Waals surface area contributed by atoms with Gasteiger partial charge in [0.15, 0.2) is 0 Å². The zero-order valence-corrected chi connectivity index (χ0v) is 12.6. The average molecular weight is 360 g/mol. The fourth-order valence-corrected chi connectivity index (χ4v) is 2.45. The van der Waals surface area contributed by atoms with Gasteiger partial charge in [-0.25, -0.2) is 4.98 Å². The molecule has 1 aliphatic rings. The molecule has 7 heteroatoms. The lowest BCUT2D eigenvalue weighted by Gasteiger charge is -2.11. The monoisotopic (exact) mass is 359 g/mol. The molecule has 0 saturated heterocycles. The molecule has 0 spiro atoms. The van der Waals surface area contributed by atoms with Gasteiger partial charge in [-0.05, 0) is 31.0 Å². The van der Waals surface area contributed by atoms with Gasteiger partial charge in [0, 0.05) is 34.5 Å². The molecular formula is C14H13BrF3N3. The largest absolute Gasteiger partial charge is 0.417 e. The predicted molar refractivity (Wildman–Crippen MR) is 76.6 cm³/mol. The molecule has 0 atom stereocenters. The normalized spacial score (nSPS) is 15.4. The summed E-state index contributed by atoms with van der Waals surface area (Å²) < 4.78 is 39.7. The van der Waals surface area contributed by atoms with Crippen LogP contribution in [-0.4, -0.2) is 16.0 Å². The van der Waals surface area contributed by atoms with Crippen LogP contribution in [-0.2, 0) is 12.7 Å². The quantitative estimate of drug-likeness (QED) is 0.862. The summed E-state index contributed by atoms with van der Waals surface area (Å²) in [5.74, 6) is 0.238. The molecule has 1 saturated carbocycles. The van der Waals surface area contributed by atoms with E-state index in [9.17, 15) is 13.2 Å². The summed E-state index contributed by atoms with van der Waals surface area (Å²) in [7, 11) is 0. The molecule has 3 rings (SSSR count). The van der Waals surface area contributed by atoms with Crippen LogP contribution in [0.1, 0.15) is 24.1 Å². The summed E-state index contributed by atoms with van der Waals surface area (Å²) in [5.41, 5.74) is 0.143. The second-order valence-electron chi connectivity index (χ2n) is 5.10. The van der Waals surface area contributed by atoms with E-state index in [0.29, 0.717) is 17.1 Å². The number of benzene rings is 1. The number of nitrogens with one attached hydrogen (secondary N) is 2. The summed E-state index contributed by atoms with van der Waals surface area (Å²) in [6.07, 6.45) is -0.525. The molecule has 0 radical (unpaired) electrons. The molecule has 2 N–H and O–H groups in total. The van der Waals surface area contributed by atoms with Crippen molar-refractivity contribution in [2.75, 3.05) is 0 Å². The molecule has 1 aliphatic carbocycles. The molecule has 1 aromatic carbocycles. The number of aromatic amines is 1. The highest BCUT2D eigenvalue weighted by atomic mass is 79.9. The second-order valence-corrected chi connectivity index (χ2v) is 6.02. The first-order valence-electron chi connectivity index (χ1n) is 6.58. The molecule has 1 fully saturated rings. The van der Waals surface area contributed by atoms with Crippen LogP contribution in [0.5, 0.6) is 0 Å². The Morgan fingerprint density at radius 3 is 2.76 bits per heavy atom. The SMILES string of the molecule is FC(F)(F)c1cc(Br)ccc1-c1ncc(CNC2CC2)[nH]1. The number of alkyl halides is 3. The number of imidazole rings is 1. The Hall–Kier alpha value is -1.34. The molecule has 21 heavy (non-hydrogen) atoms. The third kappa shape index (κ3) is 3.47. The molecule has 2 aromatic rings. The maximum Gasteiger partial charge on any atom is 0.417 e. The van der Waals surface area contributed by atoms with Gasteiger partial charge in [-0.2, -0.15) is 13.2 Å². The van der Waals surface area contributed by atoms with Gasteiger partial charge >= 0.3 is 6.18 Å². The van der Waals surface area contributed by atoms with E-state index in [2.05, 4.69) is 31.2 Å². The zero-order valence-electron chi connectivity index (χ0n) is 11.0. The van der Waals surface area contributed by atoms with Gasteiger partial charge in [0.05, 0.1) is 5.56 Å². The number of aromatic nitrogens is 2. The third-order valence-electron chi connectivity index (χ3n) is 3.33. The molecule has 3 nitrogen and oxygen atoms in total. The number of hydrogen-bond donors (Lipinski definition) is 2. The van der Waals surface area contributed by atoms with E-state index in [1.807, 2.05) is 0 Å². The van der Waals surface area contributed by atoms with Crippen LogP contribution in [0, 0.1) is 0 Å². The third-order valence-corrected chi connectivity index (χ3v) is 3.82. The Morgan fingerprint density at radius 1 is 1.33 bits per heavy atom. The predicted octanol–water partition coefficient (Wildman–Crippen LogP) is 4.11. The summed E-state index contributed by atoms with van der Waals surface area (Å²) in [6.45, 7) is 0.593. The minimum absolute atomic E-state index is 0.0587. The van der Waals surface area contributed by atoms with Crippen molar-refractivity contribution in [1.29, 1.82) is 0 Å². The van der Waals surface area contributed by atoms with E-state index in [1.165, 1.54) is 6.07 Å². The Bertz CT molecular complexity index is 647. The highest BCUT2D eigenvalue weighted by Crippen LogP contribution is 2.37. The van der Waals surface area contributed by atoms with E-state index in [0.717, 1.165) is 24.6 Å². The highest BCUT2D eigenvalue weighted by molar-refractivity contribution is 9.10. The van der Waals surface area contributed by atoms with Crippen LogP contribution < -0.4 is 5.32 Å². The minimum atomic E-state index is -4.42. The van der Waals surface area contributed by atoms with Crippen molar-refractivity contribution in [1.82, 2.24) is 15.3 Å². The van der Waals surface area contributed by atoms with Gasteiger partial charge in [0.1, 0.15) is 5.82 Å². The van der Waals surface area contributed by atoms with Crippen molar-refractivity contribution in [2.45, 2.75) is 31.6 Å². The molecule has 0 aliphatic heterocycles. The van der Waals surface area contributed by atoms with Gasteiger partial charge in [-0.3, -0.25) is 0 Å². The first kappa shape index (κ1) is 14.6. The van der Waals surface area contributed by atoms with Gasteiger partial charge in [-0.1, -0.05) is 15.9 Å². The van der Waals surface area contributed by atoms with Crippen molar-refractivity contribution in [2.24, 2.45) is 0 Å². The smallest absolute Gasteiger partial charge is 0.341 e. The molecule has 1 aromatic heterocycles. The van der Waals surface area contributed by atoms with Crippen molar-refractivity contribution in [3.8, 4) is 11.4 Å². The lowest BCUT2D eigenvalue weighted by atomic mass is 10.1. The van der Waals surface area contributed by atoms with E-state index in [-0.39, 0.29) is 11.4 Å². The minimum Gasteiger partial charge on any atom is -0.341 e. The van der Waals surface area contributed by atoms with Gasteiger partial charge < -0.3 is 10.3 Å². The van der Waals surface area contributed by atoms with Crippen molar-refractivity contribution < 1.29 is 13.2 Å². The van der Waals surface area contributed by atoms with Gasteiger partial charge in [0.25, 0.3) is 0 Å². The van der Waals surface area contributed by atoms with Gasteiger partial charge in [0.2, 0.25) is 0 Å². The summed E-state index contributed by atoms with van der Waals surface area (Å²) in [6, 6.07) is 4.61. The second kappa shape index (κ2) is 5.46. The zero-order chi connectivity index (χ0) is 15.0. The molecule has 112 valence electrons. The number of rotatable bonds is 4. The molecule has 0 amide bonds. The van der Waals surface area contributed by atoms with E-state index < -0.39 is 11.7 Å². The number of hydrogen-bond acceptors (Lipinski definition) is 2. The van der Waals surface area contributed by atoms with Crippen molar-refractivity contribution >= 4 is 15.9 Å². The van der Waals surface area contributed by atoms with Crippen LogP contribution in [0.4, 0.5) is 13.2 Å². The van der Waals surface area contributed by atoms with Crippen LogP contribution >= 0.6 is 15.9 Å². The van der Waals surface area contributed by atoms with Gasteiger partial charge in [-0.15, -0.1) is 0 Å². The first-order chi connectivity index (χ1) is 9.93. The van der Waals surface area contributed by atoms with E-state index in [1.54, 1.807) is 12.3 Å². The summed E-state index contributed by atoms with van der Waals surface area (Å²) >= 11 is 3.07.